The van der Waals surface area contributed by atoms with Crippen molar-refractivity contribution in [3.05, 3.63) is 24.3 Å². The van der Waals surface area contributed by atoms with Gasteiger partial charge in [0, 0.05) is 19.3 Å². The van der Waals surface area contributed by atoms with Crippen molar-refractivity contribution in [3.63, 3.8) is 0 Å². The van der Waals surface area contributed by atoms with E-state index in [0.29, 0.717) is 19.3 Å². The van der Waals surface area contributed by atoms with Gasteiger partial charge in [0.2, 0.25) is 0 Å². The van der Waals surface area contributed by atoms with E-state index in [9.17, 15) is 14.4 Å². The van der Waals surface area contributed by atoms with Gasteiger partial charge in [-0.2, -0.15) is 0 Å². The molecule has 67 heavy (non-hydrogen) atoms. The molecule has 0 saturated carbocycles. The first-order chi connectivity index (χ1) is 33.0. The average molecular weight is 944 g/mol. The van der Waals surface area contributed by atoms with E-state index in [2.05, 4.69) is 45.1 Å². The van der Waals surface area contributed by atoms with E-state index in [1.165, 1.54) is 231 Å². The lowest BCUT2D eigenvalue weighted by atomic mass is 10.0. The summed E-state index contributed by atoms with van der Waals surface area (Å²) in [5.74, 6) is -0.857. The largest absolute Gasteiger partial charge is 0.462 e. The van der Waals surface area contributed by atoms with Crippen LogP contribution in [0.4, 0.5) is 0 Å². The van der Waals surface area contributed by atoms with Gasteiger partial charge >= 0.3 is 17.9 Å². The molecule has 0 N–H and O–H groups in total. The van der Waals surface area contributed by atoms with Crippen LogP contribution in [0.2, 0.25) is 0 Å². The van der Waals surface area contributed by atoms with Crippen LogP contribution in [0, 0.1) is 0 Å². The Morgan fingerprint density at radius 1 is 0.284 bits per heavy atom. The van der Waals surface area contributed by atoms with Crippen LogP contribution in [0.1, 0.15) is 329 Å². The maximum Gasteiger partial charge on any atom is 0.306 e. The number of allylic oxidation sites excluding steroid dienone is 4. The number of hydrogen-bond donors (Lipinski definition) is 0. The highest BCUT2D eigenvalue weighted by atomic mass is 16.6. The minimum absolute atomic E-state index is 0.0697. The summed E-state index contributed by atoms with van der Waals surface area (Å²) >= 11 is 0. The van der Waals surface area contributed by atoms with Crippen LogP contribution in [-0.4, -0.2) is 37.2 Å². The highest BCUT2D eigenvalue weighted by Gasteiger charge is 2.19. The Kier molecular flexibility index (Phi) is 54.7. The van der Waals surface area contributed by atoms with Gasteiger partial charge in [-0.3, -0.25) is 14.4 Å². The Bertz CT molecular complexity index is 1080. The molecule has 0 aliphatic heterocycles. The third-order valence-electron chi connectivity index (χ3n) is 13.4. The molecule has 0 amide bonds. The predicted molar refractivity (Wildman–Crippen MR) is 289 cm³/mol. The number of ether oxygens (including phenoxy) is 3. The Morgan fingerprint density at radius 2 is 0.493 bits per heavy atom. The third-order valence-corrected chi connectivity index (χ3v) is 13.4. The van der Waals surface area contributed by atoms with Crippen LogP contribution < -0.4 is 0 Å². The number of rotatable bonds is 55. The van der Waals surface area contributed by atoms with Gasteiger partial charge in [0.15, 0.2) is 6.10 Å². The predicted octanol–water partition coefficient (Wildman–Crippen LogP) is 19.9. The highest BCUT2D eigenvalue weighted by Crippen LogP contribution is 2.17. The van der Waals surface area contributed by atoms with E-state index in [1.54, 1.807) is 0 Å². The molecule has 0 unspecified atom stereocenters. The normalized spacial score (nSPS) is 12.1. The molecule has 0 aromatic carbocycles. The number of esters is 3. The van der Waals surface area contributed by atoms with Crippen LogP contribution >= 0.6 is 0 Å². The molecule has 0 rings (SSSR count). The van der Waals surface area contributed by atoms with Crippen molar-refractivity contribution in [1.82, 2.24) is 0 Å². The molecule has 6 heteroatoms. The maximum atomic E-state index is 12.9. The second-order valence-electron chi connectivity index (χ2n) is 20.3. The first kappa shape index (κ1) is 64.9. The van der Waals surface area contributed by atoms with Crippen LogP contribution in [-0.2, 0) is 28.6 Å². The van der Waals surface area contributed by atoms with Crippen LogP contribution in [0.15, 0.2) is 24.3 Å². The lowest BCUT2D eigenvalue weighted by molar-refractivity contribution is -0.167. The van der Waals surface area contributed by atoms with Crippen molar-refractivity contribution in [1.29, 1.82) is 0 Å². The van der Waals surface area contributed by atoms with Gasteiger partial charge in [-0.05, 0) is 70.6 Å². The van der Waals surface area contributed by atoms with Gasteiger partial charge in [-0.25, -0.2) is 0 Å². The van der Waals surface area contributed by atoms with Crippen molar-refractivity contribution in [2.45, 2.75) is 335 Å². The summed E-state index contributed by atoms with van der Waals surface area (Å²) in [6.07, 6.45) is 66.0. The summed E-state index contributed by atoms with van der Waals surface area (Å²) in [4.78, 5) is 38.2. The van der Waals surface area contributed by atoms with E-state index < -0.39 is 6.10 Å². The first-order valence-electron chi connectivity index (χ1n) is 29.8. The second-order valence-corrected chi connectivity index (χ2v) is 20.3. The second kappa shape index (κ2) is 56.5. The van der Waals surface area contributed by atoms with Crippen LogP contribution in [0.25, 0.3) is 0 Å². The maximum absolute atomic E-state index is 12.9. The van der Waals surface area contributed by atoms with Crippen molar-refractivity contribution in [3.8, 4) is 0 Å². The molecule has 0 aromatic rings. The standard InChI is InChI=1S/C61H114O6/c1-4-7-10-13-16-19-22-25-28-29-30-31-34-36-39-42-45-48-51-54-60(63)66-57-58(67-61(64)55-52-49-46-43-40-37-33-27-24-21-18-15-12-9-6-3)56-65-59(62)53-50-47-44-41-38-35-32-26-23-20-17-14-11-8-5-2/h20-21,23-24,58H,4-19,22,25-57H2,1-3H3/b23-20-,24-21-/t58-/m1/s1. The quantitative estimate of drug-likeness (QED) is 0.0262. The van der Waals surface area contributed by atoms with Crippen LogP contribution in [0.3, 0.4) is 0 Å². The fourth-order valence-electron chi connectivity index (χ4n) is 8.91. The Morgan fingerprint density at radius 3 is 0.761 bits per heavy atom. The summed E-state index contributed by atoms with van der Waals surface area (Å²) in [5, 5.41) is 0. The molecule has 0 saturated heterocycles. The molecule has 394 valence electrons. The summed E-state index contributed by atoms with van der Waals surface area (Å²) < 4.78 is 16.9. The Hall–Kier alpha value is -2.11. The molecule has 0 spiro atoms. The molecular weight excluding hydrogens is 829 g/mol. The number of unbranched alkanes of at least 4 members (excludes halogenated alkanes) is 40. The van der Waals surface area contributed by atoms with Crippen molar-refractivity contribution in [2.24, 2.45) is 0 Å². The van der Waals surface area contributed by atoms with Gasteiger partial charge in [0.25, 0.3) is 0 Å². The Labute approximate surface area is 417 Å². The monoisotopic (exact) mass is 943 g/mol. The summed E-state index contributed by atoms with van der Waals surface area (Å²) in [7, 11) is 0. The summed E-state index contributed by atoms with van der Waals surface area (Å²) in [6.45, 7) is 6.66. The van der Waals surface area contributed by atoms with Gasteiger partial charge in [0.1, 0.15) is 13.2 Å². The minimum atomic E-state index is -0.771. The molecule has 0 heterocycles. The van der Waals surface area contributed by atoms with Crippen LogP contribution in [0.5, 0.6) is 0 Å². The topological polar surface area (TPSA) is 78.9 Å². The molecule has 0 aromatic heterocycles. The Balaban J connectivity index is 4.31. The van der Waals surface area contributed by atoms with Crippen molar-refractivity contribution in [2.75, 3.05) is 13.2 Å². The lowest BCUT2D eigenvalue weighted by Gasteiger charge is -2.18. The molecule has 0 bridgehead atoms. The van der Waals surface area contributed by atoms with E-state index in [4.69, 9.17) is 14.2 Å². The highest BCUT2D eigenvalue weighted by molar-refractivity contribution is 5.71. The first-order valence-corrected chi connectivity index (χ1v) is 29.8. The van der Waals surface area contributed by atoms with E-state index >= 15 is 0 Å². The van der Waals surface area contributed by atoms with E-state index in [0.717, 1.165) is 57.8 Å². The SMILES string of the molecule is CCCCCC/C=C\CCCCCCCCCC(=O)OC[C@H](COC(=O)CCCCCCCCCCCCCCCCCCCCC)OC(=O)CCCCCCCCC/C=C\CCCCCC. The molecule has 0 radical (unpaired) electrons. The minimum Gasteiger partial charge on any atom is -0.462 e. The molecule has 0 fully saturated rings. The van der Waals surface area contributed by atoms with Gasteiger partial charge < -0.3 is 14.2 Å². The molecule has 0 aliphatic rings. The number of carbonyl (C=O) groups is 3. The molecule has 1 atom stereocenters. The van der Waals surface area contributed by atoms with Crippen molar-refractivity contribution < 1.29 is 28.6 Å². The molecule has 0 aliphatic carbocycles. The molecular formula is C61H114O6. The fourth-order valence-corrected chi connectivity index (χ4v) is 8.91. The molecule has 6 nitrogen and oxygen atoms in total. The van der Waals surface area contributed by atoms with Crippen molar-refractivity contribution >= 4 is 17.9 Å². The zero-order valence-electron chi connectivity index (χ0n) is 45.2. The summed E-state index contributed by atoms with van der Waals surface area (Å²) in [5.41, 5.74) is 0. The fraction of sp³-hybridized carbons (Fsp3) is 0.885. The van der Waals surface area contributed by atoms with Gasteiger partial charge in [-0.15, -0.1) is 0 Å². The zero-order valence-corrected chi connectivity index (χ0v) is 45.2. The zero-order chi connectivity index (χ0) is 48.6. The average Bonchev–Trinajstić information content (AvgIpc) is 3.33. The smallest absolute Gasteiger partial charge is 0.306 e. The van der Waals surface area contributed by atoms with E-state index in [1.807, 2.05) is 0 Å². The van der Waals surface area contributed by atoms with Gasteiger partial charge in [0.05, 0.1) is 0 Å². The summed E-state index contributed by atoms with van der Waals surface area (Å²) in [6, 6.07) is 0. The number of hydrogen-bond acceptors (Lipinski definition) is 6. The third kappa shape index (κ3) is 54.7. The van der Waals surface area contributed by atoms with Gasteiger partial charge in [-0.1, -0.05) is 263 Å². The lowest BCUT2D eigenvalue weighted by Crippen LogP contribution is -2.30. The number of carbonyl (C=O) groups excluding carboxylic acids is 3. The van der Waals surface area contributed by atoms with E-state index in [-0.39, 0.29) is 31.1 Å².